The first-order chi connectivity index (χ1) is 14.1. The summed E-state index contributed by atoms with van der Waals surface area (Å²) >= 11 is 0. The van der Waals surface area contributed by atoms with Crippen LogP contribution in [0.5, 0.6) is 11.5 Å². The molecule has 4 atom stereocenters. The smallest absolute Gasteiger partial charge is 0.347 e. The molecule has 5 rings (SSSR count). The van der Waals surface area contributed by atoms with Crippen molar-refractivity contribution >= 4 is 23.5 Å². The van der Waals surface area contributed by atoms with E-state index in [-0.39, 0.29) is 35.5 Å². The van der Waals surface area contributed by atoms with Crippen molar-refractivity contribution < 1.29 is 23.9 Å². The predicted octanol–water partition coefficient (Wildman–Crippen LogP) is 3.23. The van der Waals surface area contributed by atoms with Gasteiger partial charge in [-0.15, -0.1) is 0 Å². The summed E-state index contributed by atoms with van der Waals surface area (Å²) < 4.78 is 10.6. The number of methoxy groups -OCH3 is 1. The van der Waals surface area contributed by atoms with Crippen LogP contribution in [0.25, 0.3) is 0 Å². The van der Waals surface area contributed by atoms with Crippen LogP contribution in [0.3, 0.4) is 0 Å². The molecule has 3 aliphatic rings. The van der Waals surface area contributed by atoms with Gasteiger partial charge in [-0.2, -0.15) is 0 Å². The lowest BCUT2D eigenvalue weighted by Gasteiger charge is -2.17. The Bertz CT molecular complexity index is 1010. The molecule has 2 aromatic carbocycles. The van der Waals surface area contributed by atoms with E-state index in [0.717, 1.165) is 6.42 Å². The molecule has 2 amide bonds. The van der Waals surface area contributed by atoms with Crippen LogP contribution in [-0.2, 0) is 9.59 Å². The van der Waals surface area contributed by atoms with Crippen molar-refractivity contribution in [3.05, 3.63) is 66.2 Å². The Hall–Kier alpha value is -3.41. The van der Waals surface area contributed by atoms with Gasteiger partial charge in [-0.25, -0.2) is 4.79 Å². The van der Waals surface area contributed by atoms with E-state index in [0.29, 0.717) is 22.7 Å². The summed E-state index contributed by atoms with van der Waals surface area (Å²) in [5.41, 5.74) is 0.825. The highest BCUT2D eigenvalue weighted by atomic mass is 16.5. The molecule has 1 saturated carbocycles. The second-order valence-corrected chi connectivity index (χ2v) is 7.60. The van der Waals surface area contributed by atoms with Gasteiger partial charge in [-0.3, -0.25) is 14.5 Å². The number of carbonyl (C=O) groups is 3. The number of para-hydroxylation sites is 1. The Labute approximate surface area is 167 Å². The first kappa shape index (κ1) is 17.7. The fourth-order valence-electron chi connectivity index (χ4n) is 4.80. The van der Waals surface area contributed by atoms with E-state index in [2.05, 4.69) is 12.2 Å². The van der Waals surface area contributed by atoms with E-state index < -0.39 is 5.97 Å². The summed E-state index contributed by atoms with van der Waals surface area (Å²) in [4.78, 5) is 39.5. The molecule has 2 fully saturated rings. The number of imide groups is 1. The van der Waals surface area contributed by atoms with Crippen LogP contribution in [0.2, 0.25) is 0 Å². The number of esters is 1. The Morgan fingerprint density at radius 3 is 2.17 bits per heavy atom. The van der Waals surface area contributed by atoms with Gasteiger partial charge in [0.25, 0.3) is 0 Å². The molecule has 6 heteroatoms. The van der Waals surface area contributed by atoms with Crippen LogP contribution in [0.4, 0.5) is 5.69 Å². The number of benzene rings is 2. The molecule has 0 spiro atoms. The Morgan fingerprint density at radius 2 is 1.55 bits per heavy atom. The summed E-state index contributed by atoms with van der Waals surface area (Å²) in [7, 11) is 1.49. The number of nitrogens with zero attached hydrogens (tertiary/aromatic N) is 1. The molecular formula is C23H19NO5. The van der Waals surface area contributed by atoms with Gasteiger partial charge in [0.1, 0.15) is 17.1 Å². The van der Waals surface area contributed by atoms with Crippen molar-refractivity contribution in [2.24, 2.45) is 23.7 Å². The van der Waals surface area contributed by atoms with Crippen molar-refractivity contribution in [3.63, 3.8) is 0 Å². The summed E-state index contributed by atoms with van der Waals surface area (Å²) in [6, 6.07) is 13.3. The Morgan fingerprint density at radius 1 is 0.931 bits per heavy atom. The minimum atomic E-state index is -0.541. The molecule has 0 aromatic heterocycles. The zero-order chi connectivity index (χ0) is 20.1. The average Bonchev–Trinajstić information content (AvgIpc) is 3.42. The van der Waals surface area contributed by atoms with Crippen LogP contribution in [0.1, 0.15) is 16.8 Å². The van der Waals surface area contributed by atoms with Crippen LogP contribution >= 0.6 is 0 Å². The normalized spacial score (nSPS) is 26.7. The zero-order valence-corrected chi connectivity index (χ0v) is 15.8. The molecule has 4 unspecified atom stereocenters. The van der Waals surface area contributed by atoms with Gasteiger partial charge in [0.05, 0.1) is 24.6 Å². The van der Waals surface area contributed by atoms with E-state index in [1.807, 2.05) is 0 Å². The molecular weight excluding hydrogens is 370 g/mol. The monoisotopic (exact) mass is 389 g/mol. The predicted molar refractivity (Wildman–Crippen MR) is 105 cm³/mol. The summed E-state index contributed by atoms with van der Waals surface area (Å²) in [5, 5.41) is 0. The van der Waals surface area contributed by atoms with Gasteiger partial charge in [0.2, 0.25) is 11.8 Å². The van der Waals surface area contributed by atoms with Crippen LogP contribution in [-0.4, -0.2) is 24.9 Å². The second-order valence-electron chi connectivity index (χ2n) is 7.60. The lowest BCUT2D eigenvalue weighted by Crippen LogP contribution is -2.32. The van der Waals surface area contributed by atoms with Gasteiger partial charge in [0.15, 0.2) is 0 Å². The van der Waals surface area contributed by atoms with E-state index >= 15 is 0 Å². The third-order valence-corrected chi connectivity index (χ3v) is 6.10. The topological polar surface area (TPSA) is 72.9 Å². The maximum atomic E-state index is 12.9. The number of ether oxygens (including phenoxy) is 2. The summed E-state index contributed by atoms with van der Waals surface area (Å²) in [6.45, 7) is 0. The second kappa shape index (κ2) is 6.58. The molecule has 1 aliphatic heterocycles. The maximum absolute atomic E-state index is 12.9. The molecule has 1 saturated heterocycles. The number of rotatable bonds is 4. The number of hydrogen-bond donors (Lipinski definition) is 0. The largest absolute Gasteiger partial charge is 0.496 e. The highest BCUT2D eigenvalue weighted by molar-refractivity contribution is 6.22. The fourth-order valence-corrected chi connectivity index (χ4v) is 4.80. The van der Waals surface area contributed by atoms with Crippen molar-refractivity contribution in [2.75, 3.05) is 12.0 Å². The number of amides is 2. The first-order valence-corrected chi connectivity index (χ1v) is 9.60. The fraction of sp³-hybridized carbons (Fsp3) is 0.261. The zero-order valence-electron chi connectivity index (χ0n) is 15.8. The third-order valence-electron chi connectivity index (χ3n) is 6.10. The molecule has 2 aliphatic carbocycles. The van der Waals surface area contributed by atoms with Crippen LogP contribution < -0.4 is 14.4 Å². The highest BCUT2D eigenvalue weighted by Gasteiger charge is 2.59. The van der Waals surface area contributed by atoms with Crippen molar-refractivity contribution in [1.82, 2.24) is 0 Å². The van der Waals surface area contributed by atoms with E-state index in [9.17, 15) is 14.4 Å². The molecule has 146 valence electrons. The molecule has 2 aromatic rings. The van der Waals surface area contributed by atoms with Crippen LogP contribution in [0, 0.1) is 23.7 Å². The third kappa shape index (κ3) is 2.67. The number of carbonyl (C=O) groups excluding carboxylic acids is 3. The maximum Gasteiger partial charge on any atom is 0.347 e. The summed E-state index contributed by atoms with van der Waals surface area (Å²) in [6.07, 6.45) is 5.04. The number of anilines is 1. The molecule has 0 N–H and O–H groups in total. The number of hydrogen-bond acceptors (Lipinski definition) is 5. The summed E-state index contributed by atoms with van der Waals surface area (Å²) in [5.74, 6) is -0.170. The molecule has 2 bridgehead atoms. The van der Waals surface area contributed by atoms with Crippen LogP contribution in [0.15, 0.2) is 60.7 Å². The first-order valence-electron chi connectivity index (χ1n) is 9.60. The van der Waals surface area contributed by atoms with E-state index in [4.69, 9.17) is 9.47 Å². The van der Waals surface area contributed by atoms with Gasteiger partial charge in [-0.1, -0.05) is 24.3 Å². The van der Waals surface area contributed by atoms with Gasteiger partial charge < -0.3 is 9.47 Å². The average molecular weight is 389 g/mol. The van der Waals surface area contributed by atoms with Crippen molar-refractivity contribution in [2.45, 2.75) is 6.42 Å². The minimum absolute atomic E-state index is 0.129. The van der Waals surface area contributed by atoms with Crippen molar-refractivity contribution in [1.29, 1.82) is 0 Å². The molecule has 1 heterocycles. The number of allylic oxidation sites excluding steroid dienone is 2. The lowest BCUT2D eigenvalue weighted by molar-refractivity contribution is -0.123. The quantitative estimate of drug-likeness (QED) is 0.347. The standard InChI is InChI=1S/C23H19NO5/c1-28-18-5-3-2-4-17(18)23(27)29-16-10-8-15(9-11-16)24-21(25)19-13-6-7-14(12-13)20(19)22(24)26/h2-11,13-14,19-20H,12H2,1H3. The lowest BCUT2D eigenvalue weighted by atomic mass is 9.85. The Balaban J connectivity index is 1.34. The minimum Gasteiger partial charge on any atom is -0.496 e. The van der Waals surface area contributed by atoms with Gasteiger partial charge in [-0.05, 0) is 54.7 Å². The number of fused-ring (bicyclic) bond motifs is 5. The SMILES string of the molecule is COc1ccccc1C(=O)Oc1ccc(N2C(=O)C3C4C=CC(C4)C3C2=O)cc1. The molecule has 6 nitrogen and oxygen atoms in total. The van der Waals surface area contributed by atoms with E-state index in [1.165, 1.54) is 12.0 Å². The Kier molecular flexibility index (Phi) is 4.01. The highest BCUT2D eigenvalue weighted by Crippen LogP contribution is 2.53. The molecule has 29 heavy (non-hydrogen) atoms. The molecule has 0 radical (unpaired) electrons. The van der Waals surface area contributed by atoms with Gasteiger partial charge >= 0.3 is 5.97 Å². The van der Waals surface area contributed by atoms with Gasteiger partial charge in [0, 0.05) is 0 Å². The van der Waals surface area contributed by atoms with E-state index in [1.54, 1.807) is 48.5 Å². The van der Waals surface area contributed by atoms with Crippen molar-refractivity contribution in [3.8, 4) is 11.5 Å².